The number of ether oxygens (including phenoxy) is 1. The quantitative estimate of drug-likeness (QED) is 0.619. The van der Waals surface area contributed by atoms with Gasteiger partial charge >= 0.3 is 5.97 Å². The van der Waals surface area contributed by atoms with Gasteiger partial charge in [-0.15, -0.1) is 0 Å². The standard InChI is InChI=1S/C12H11NO3/c1-2-16-11-5-3-4-9(7-11)6-10(8-13)12(14)15/h3-7H,2H2,1H3,(H,14,15). The van der Waals surface area contributed by atoms with Gasteiger partial charge in [-0.05, 0) is 30.7 Å². The van der Waals surface area contributed by atoms with Crippen molar-refractivity contribution in [1.82, 2.24) is 0 Å². The summed E-state index contributed by atoms with van der Waals surface area (Å²) in [6.45, 7) is 2.40. The van der Waals surface area contributed by atoms with Crippen LogP contribution in [0.5, 0.6) is 5.75 Å². The highest BCUT2D eigenvalue weighted by Gasteiger charge is 2.05. The molecule has 0 atom stereocenters. The van der Waals surface area contributed by atoms with E-state index < -0.39 is 5.97 Å². The van der Waals surface area contributed by atoms with Crippen molar-refractivity contribution in [2.24, 2.45) is 0 Å². The van der Waals surface area contributed by atoms with Gasteiger partial charge in [0.1, 0.15) is 17.4 Å². The van der Waals surface area contributed by atoms with Gasteiger partial charge in [-0.1, -0.05) is 12.1 Å². The molecule has 0 aromatic heterocycles. The molecular formula is C12H11NO3. The minimum atomic E-state index is -1.23. The Kier molecular flexibility index (Phi) is 4.10. The van der Waals surface area contributed by atoms with Crippen LogP contribution in [-0.2, 0) is 4.79 Å². The van der Waals surface area contributed by atoms with Crippen molar-refractivity contribution < 1.29 is 14.6 Å². The van der Waals surface area contributed by atoms with E-state index in [0.29, 0.717) is 17.9 Å². The number of benzene rings is 1. The Labute approximate surface area is 93.4 Å². The first-order valence-corrected chi connectivity index (χ1v) is 4.75. The molecule has 16 heavy (non-hydrogen) atoms. The number of carboxylic acids is 1. The number of nitrogens with zero attached hydrogens (tertiary/aromatic N) is 1. The molecule has 0 aliphatic rings. The van der Waals surface area contributed by atoms with E-state index in [-0.39, 0.29) is 5.57 Å². The molecule has 0 bridgehead atoms. The molecule has 1 N–H and O–H groups in total. The highest BCUT2D eigenvalue weighted by molar-refractivity contribution is 5.96. The zero-order valence-corrected chi connectivity index (χ0v) is 8.80. The van der Waals surface area contributed by atoms with Gasteiger partial charge in [0.15, 0.2) is 0 Å². The molecule has 0 amide bonds. The van der Waals surface area contributed by atoms with Crippen LogP contribution in [0.2, 0.25) is 0 Å². The van der Waals surface area contributed by atoms with E-state index in [4.69, 9.17) is 15.1 Å². The molecule has 0 fully saturated rings. The van der Waals surface area contributed by atoms with E-state index in [1.54, 1.807) is 30.3 Å². The van der Waals surface area contributed by atoms with Gasteiger partial charge in [-0.25, -0.2) is 4.79 Å². The molecule has 4 nitrogen and oxygen atoms in total. The lowest BCUT2D eigenvalue weighted by atomic mass is 10.1. The Morgan fingerprint density at radius 1 is 1.62 bits per heavy atom. The minimum Gasteiger partial charge on any atom is -0.494 e. The van der Waals surface area contributed by atoms with Crippen LogP contribution in [0.1, 0.15) is 12.5 Å². The van der Waals surface area contributed by atoms with E-state index >= 15 is 0 Å². The molecule has 0 heterocycles. The molecule has 82 valence electrons. The number of rotatable bonds is 4. The van der Waals surface area contributed by atoms with Crippen molar-refractivity contribution in [1.29, 1.82) is 5.26 Å². The number of hydrogen-bond donors (Lipinski definition) is 1. The molecule has 0 aliphatic heterocycles. The average Bonchev–Trinajstić information content (AvgIpc) is 2.26. The van der Waals surface area contributed by atoms with Gasteiger partial charge in [0.05, 0.1) is 6.61 Å². The van der Waals surface area contributed by atoms with E-state index in [9.17, 15) is 4.79 Å². The van der Waals surface area contributed by atoms with Crippen molar-refractivity contribution in [3.63, 3.8) is 0 Å². The van der Waals surface area contributed by atoms with Crippen molar-refractivity contribution in [2.75, 3.05) is 6.61 Å². The zero-order chi connectivity index (χ0) is 12.0. The molecule has 0 aliphatic carbocycles. The summed E-state index contributed by atoms with van der Waals surface area (Å²) in [6, 6.07) is 8.53. The zero-order valence-electron chi connectivity index (χ0n) is 8.80. The third-order valence-corrected chi connectivity index (χ3v) is 1.83. The smallest absolute Gasteiger partial charge is 0.346 e. The van der Waals surface area contributed by atoms with Crippen LogP contribution in [0.25, 0.3) is 6.08 Å². The predicted octanol–water partition coefficient (Wildman–Crippen LogP) is 2.08. The van der Waals surface area contributed by atoms with Gasteiger partial charge in [-0.3, -0.25) is 0 Å². The summed E-state index contributed by atoms with van der Waals surface area (Å²) < 4.78 is 5.26. The molecule has 0 unspecified atom stereocenters. The van der Waals surface area contributed by atoms with E-state index in [1.165, 1.54) is 6.08 Å². The molecule has 1 aromatic rings. The van der Waals surface area contributed by atoms with Crippen LogP contribution < -0.4 is 4.74 Å². The van der Waals surface area contributed by atoms with Crippen LogP contribution in [0.4, 0.5) is 0 Å². The predicted molar refractivity (Wildman–Crippen MR) is 58.8 cm³/mol. The maximum Gasteiger partial charge on any atom is 0.346 e. The number of aliphatic carboxylic acids is 1. The lowest BCUT2D eigenvalue weighted by molar-refractivity contribution is -0.132. The van der Waals surface area contributed by atoms with Crippen LogP contribution in [0.15, 0.2) is 29.8 Å². The first-order chi connectivity index (χ1) is 7.67. The third kappa shape index (κ3) is 3.14. The molecule has 1 rings (SSSR count). The first kappa shape index (κ1) is 11.8. The topological polar surface area (TPSA) is 70.3 Å². The normalized spacial score (nSPS) is 10.6. The summed E-state index contributed by atoms with van der Waals surface area (Å²) in [4.78, 5) is 10.6. The van der Waals surface area contributed by atoms with Crippen molar-refractivity contribution in [2.45, 2.75) is 6.92 Å². The largest absolute Gasteiger partial charge is 0.494 e. The summed E-state index contributed by atoms with van der Waals surface area (Å²) >= 11 is 0. The molecule has 0 saturated heterocycles. The maximum atomic E-state index is 10.6. The summed E-state index contributed by atoms with van der Waals surface area (Å²) in [5.41, 5.74) is 0.332. The van der Waals surface area contributed by atoms with Gasteiger partial charge < -0.3 is 9.84 Å². The summed E-state index contributed by atoms with van der Waals surface area (Å²) in [7, 11) is 0. The van der Waals surface area contributed by atoms with Crippen molar-refractivity contribution in [3.05, 3.63) is 35.4 Å². The minimum absolute atomic E-state index is 0.298. The Hall–Kier alpha value is -2.28. The Morgan fingerprint density at radius 3 is 2.94 bits per heavy atom. The highest BCUT2D eigenvalue weighted by Crippen LogP contribution is 2.15. The molecule has 1 aromatic carbocycles. The van der Waals surface area contributed by atoms with Gasteiger partial charge in [-0.2, -0.15) is 5.26 Å². The van der Waals surface area contributed by atoms with E-state index in [0.717, 1.165) is 0 Å². The van der Waals surface area contributed by atoms with Crippen molar-refractivity contribution in [3.8, 4) is 11.8 Å². The van der Waals surface area contributed by atoms with Crippen LogP contribution in [0.3, 0.4) is 0 Å². The second-order valence-corrected chi connectivity index (χ2v) is 2.98. The first-order valence-electron chi connectivity index (χ1n) is 4.75. The number of hydrogen-bond acceptors (Lipinski definition) is 3. The van der Waals surface area contributed by atoms with E-state index in [1.807, 2.05) is 6.92 Å². The SMILES string of the molecule is CCOc1cccc(C=C(C#N)C(=O)O)c1. The summed E-state index contributed by atoms with van der Waals surface area (Å²) in [5.74, 6) is -0.580. The van der Waals surface area contributed by atoms with E-state index in [2.05, 4.69) is 0 Å². The maximum absolute atomic E-state index is 10.6. The Balaban J connectivity index is 3.01. The van der Waals surface area contributed by atoms with Crippen molar-refractivity contribution >= 4 is 12.0 Å². The monoisotopic (exact) mass is 217 g/mol. The molecule has 0 radical (unpaired) electrons. The third-order valence-electron chi connectivity index (χ3n) is 1.83. The fraction of sp³-hybridized carbons (Fsp3) is 0.167. The second kappa shape index (κ2) is 5.56. The fourth-order valence-corrected chi connectivity index (χ4v) is 1.17. The number of carbonyl (C=O) groups is 1. The summed E-state index contributed by atoms with van der Waals surface area (Å²) in [6.07, 6.45) is 1.31. The molecular weight excluding hydrogens is 206 g/mol. The lowest BCUT2D eigenvalue weighted by Gasteiger charge is -2.03. The van der Waals surface area contributed by atoms with Crippen LogP contribution in [-0.4, -0.2) is 17.7 Å². The van der Waals surface area contributed by atoms with Gasteiger partial charge in [0.2, 0.25) is 0 Å². The lowest BCUT2D eigenvalue weighted by Crippen LogP contribution is -1.97. The van der Waals surface area contributed by atoms with Crippen LogP contribution >= 0.6 is 0 Å². The molecule has 0 saturated carbocycles. The number of carboxylic acid groups (broad SMARTS) is 1. The van der Waals surface area contributed by atoms with Gasteiger partial charge in [0, 0.05) is 0 Å². The molecule has 4 heteroatoms. The van der Waals surface area contributed by atoms with Crippen LogP contribution in [0, 0.1) is 11.3 Å². The fourth-order valence-electron chi connectivity index (χ4n) is 1.17. The Morgan fingerprint density at radius 2 is 2.38 bits per heavy atom. The molecule has 0 spiro atoms. The average molecular weight is 217 g/mol. The number of nitriles is 1. The van der Waals surface area contributed by atoms with Gasteiger partial charge in [0.25, 0.3) is 0 Å². The Bertz CT molecular complexity index is 458. The summed E-state index contributed by atoms with van der Waals surface area (Å²) in [5, 5.41) is 17.3. The second-order valence-electron chi connectivity index (χ2n) is 2.98. The highest BCUT2D eigenvalue weighted by atomic mass is 16.5.